The van der Waals surface area contributed by atoms with Crippen LogP contribution in [-0.2, 0) is 4.79 Å². The molecule has 4 N–H and O–H groups in total. The molecule has 0 unspecified atom stereocenters. The zero-order valence-corrected chi connectivity index (χ0v) is 15.7. The number of carbonyl (C=O) groups is 1. The van der Waals surface area contributed by atoms with Gasteiger partial charge < -0.3 is 20.9 Å². The summed E-state index contributed by atoms with van der Waals surface area (Å²) in [4.78, 5) is 11.5. The molecule has 0 aliphatic carbocycles. The number of rotatable bonds is 8. The van der Waals surface area contributed by atoms with Gasteiger partial charge in [0.2, 0.25) is 11.7 Å². The first kappa shape index (κ1) is 20.1. The van der Waals surface area contributed by atoms with Crippen LogP contribution in [0.4, 0.5) is 10.1 Å². The van der Waals surface area contributed by atoms with E-state index < -0.39 is 5.82 Å². The molecule has 0 fully saturated rings. The van der Waals surface area contributed by atoms with Gasteiger partial charge in [0.1, 0.15) is 5.82 Å². The molecule has 2 rings (SSSR count). The molecular formula is C14H15BrFN5O4S. The van der Waals surface area contributed by atoms with Crippen LogP contribution in [0.15, 0.2) is 37.5 Å². The molecule has 0 aliphatic heterocycles. The fourth-order valence-electron chi connectivity index (χ4n) is 1.79. The third-order valence-corrected chi connectivity index (χ3v) is 4.52. The van der Waals surface area contributed by atoms with E-state index in [4.69, 9.17) is 5.11 Å². The van der Waals surface area contributed by atoms with Crippen molar-refractivity contribution in [3.8, 4) is 0 Å². The molecule has 0 radical (unpaired) electrons. The predicted molar refractivity (Wildman–Crippen MR) is 95.8 cm³/mol. The summed E-state index contributed by atoms with van der Waals surface area (Å²) < 4.78 is 18.2. The monoisotopic (exact) mass is 447 g/mol. The van der Waals surface area contributed by atoms with Crippen LogP contribution in [0.25, 0.3) is 0 Å². The fourth-order valence-corrected chi connectivity index (χ4v) is 3.00. The minimum Gasteiger partial charge on any atom is -0.409 e. The molecule has 2 aromatic rings. The molecule has 9 nitrogen and oxygen atoms in total. The number of hydrogen-bond acceptors (Lipinski definition) is 8. The van der Waals surface area contributed by atoms with Crippen molar-refractivity contribution in [2.24, 2.45) is 5.16 Å². The van der Waals surface area contributed by atoms with Gasteiger partial charge in [-0.05, 0) is 44.4 Å². The molecule has 0 bridgehead atoms. The highest BCUT2D eigenvalue weighted by Crippen LogP contribution is 2.23. The summed E-state index contributed by atoms with van der Waals surface area (Å²) in [6, 6.07) is 4.16. The maximum absolute atomic E-state index is 13.3. The van der Waals surface area contributed by atoms with Crippen molar-refractivity contribution in [2.45, 2.75) is 11.4 Å². The van der Waals surface area contributed by atoms with Gasteiger partial charge in [-0.15, -0.1) is 0 Å². The average molecular weight is 448 g/mol. The number of aromatic nitrogens is 2. The number of carbonyl (C=O) groups excluding carboxylic acids is 1. The number of hydrogen-bond donors (Lipinski definition) is 4. The van der Waals surface area contributed by atoms with Crippen LogP contribution in [0, 0.1) is 5.82 Å². The van der Waals surface area contributed by atoms with Crippen LogP contribution in [0.5, 0.6) is 0 Å². The Kier molecular flexibility index (Phi) is 7.81. The Hall–Kier alpha value is -2.18. The summed E-state index contributed by atoms with van der Waals surface area (Å²) >= 11 is 4.25. The third-order valence-electron chi connectivity index (χ3n) is 2.97. The summed E-state index contributed by atoms with van der Waals surface area (Å²) in [5.41, 5.74) is 0.599. The minimum atomic E-state index is -0.433. The molecule has 0 aliphatic rings. The van der Waals surface area contributed by atoms with Gasteiger partial charge in [0, 0.05) is 24.4 Å². The maximum Gasteiger partial charge on any atom is 0.220 e. The van der Waals surface area contributed by atoms with E-state index in [9.17, 15) is 14.4 Å². The minimum absolute atomic E-state index is 0.0445. The predicted octanol–water partition coefficient (Wildman–Crippen LogP) is 1.81. The second kappa shape index (κ2) is 10.1. The number of aliphatic hydroxyl groups is 1. The molecule has 26 heavy (non-hydrogen) atoms. The molecule has 1 amide bonds. The van der Waals surface area contributed by atoms with Gasteiger partial charge in [-0.2, -0.15) is 0 Å². The number of halogens is 2. The van der Waals surface area contributed by atoms with Crippen LogP contribution in [0.1, 0.15) is 12.1 Å². The largest absolute Gasteiger partial charge is 0.409 e. The van der Waals surface area contributed by atoms with E-state index >= 15 is 0 Å². The smallest absolute Gasteiger partial charge is 0.220 e. The van der Waals surface area contributed by atoms with Gasteiger partial charge in [-0.1, -0.05) is 16.9 Å². The summed E-state index contributed by atoms with van der Waals surface area (Å²) in [5, 5.41) is 34.1. The lowest BCUT2D eigenvalue weighted by molar-refractivity contribution is -0.120. The molecule has 140 valence electrons. The highest BCUT2D eigenvalue weighted by Gasteiger charge is 2.19. The Morgan fingerprint density at radius 1 is 1.42 bits per heavy atom. The zero-order valence-electron chi connectivity index (χ0n) is 13.3. The van der Waals surface area contributed by atoms with Crippen LogP contribution in [0.3, 0.4) is 0 Å². The summed E-state index contributed by atoms with van der Waals surface area (Å²) in [6.45, 7) is 0.0659. The van der Waals surface area contributed by atoms with Crippen molar-refractivity contribution in [3.63, 3.8) is 0 Å². The average Bonchev–Trinajstić information content (AvgIpc) is 3.09. The number of aliphatic hydroxyl groups excluding tert-OH is 1. The summed E-state index contributed by atoms with van der Waals surface area (Å²) in [6.07, 6.45) is 0.195. The van der Waals surface area contributed by atoms with E-state index in [1.165, 1.54) is 30.0 Å². The number of nitrogens with zero attached hydrogens (tertiary/aromatic N) is 3. The normalized spacial score (nSPS) is 11.4. The highest BCUT2D eigenvalue weighted by molar-refractivity contribution is 9.10. The number of amides is 1. The van der Waals surface area contributed by atoms with Crippen molar-refractivity contribution in [1.29, 1.82) is 0 Å². The maximum atomic E-state index is 13.3. The first-order valence-electron chi connectivity index (χ1n) is 7.32. The molecular weight excluding hydrogens is 433 g/mol. The number of anilines is 1. The first-order valence-corrected chi connectivity index (χ1v) is 9.10. The van der Waals surface area contributed by atoms with E-state index in [2.05, 4.69) is 46.7 Å². The van der Waals surface area contributed by atoms with Gasteiger partial charge in [0.15, 0.2) is 10.7 Å². The van der Waals surface area contributed by atoms with Gasteiger partial charge in [-0.3, -0.25) is 4.79 Å². The molecule has 1 aromatic heterocycles. The topological polar surface area (TPSA) is 133 Å². The van der Waals surface area contributed by atoms with Crippen molar-refractivity contribution in [1.82, 2.24) is 15.6 Å². The van der Waals surface area contributed by atoms with Crippen molar-refractivity contribution >= 4 is 45.1 Å². The molecule has 0 spiro atoms. The van der Waals surface area contributed by atoms with Crippen LogP contribution >= 0.6 is 27.7 Å². The number of thioether (sulfide) groups is 1. The van der Waals surface area contributed by atoms with E-state index in [-0.39, 0.29) is 41.5 Å². The Labute approximate surface area is 160 Å². The van der Waals surface area contributed by atoms with E-state index in [1.807, 2.05) is 0 Å². The van der Waals surface area contributed by atoms with E-state index in [0.29, 0.717) is 16.5 Å². The SMILES string of the molecule is O=C(CCSc1nonc1/C(=N\O)Nc1ccc(F)c(Br)c1)NCCO. The van der Waals surface area contributed by atoms with Crippen molar-refractivity contribution in [2.75, 3.05) is 24.2 Å². The molecule has 12 heteroatoms. The zero-order chi connectivity index (χ0) is 18.9. The quantitative estimate of drug-likeness (QED) is 0.158. The van der Waals surface area contributed by atoms with Crippen LogP contribution in [-0.4, -0.2) is 51.3 Å². The molecule has 0 atom stereocenters. The standard InChI is InChI=1S/C14H15BrFN5O4S/c15-9-7-8(1-2-10(9)16)18-13(19-24)12-14(21-25-20-12)26-6-3-11(23)17-4-5-22/h1-2,7,22,24H,3-6H2,(H,17,23)(H,18,19). The van der Waals surface area contributed by atoms with E-state index in [0.717, 1.165) is 0 Å². The van der Waals surface area contributed by atoms with Gasteiger partial charge in [0.25, 0.3) is 0 Å². The highest BCUT2D eigenvalue weighted by atomic mass is 79.9. The lowest BCUT2D eigenvalue weighted by Crippen LogP contribution is -2.26. The van der Waals surface area contributed by atoms with Gasteiger partial charge >= 0.3 is 0 Å². The lowest BCUT2D eigenvalue weighted by Gasteiger charge is -2.07. The summed E-state index contributed by atoms with van der Waals surface area (Å²) in [7, 11) is 0. The molecule has 0 saturated carbocycles. The molecule has 0 saturated heterocycles. The van der Waals surface area contributed by atoms with Gasteiger partial charge in [-0.25, -0.2) is 9.02 Å². The number of nitrogens with one attached hydrogen (secondary N) is 2. The van der Waals surface area contributed by atoms with Crippen LogP contribution in [0.2, 0.25) is 0 Å². The second-order valence-electron chi connectivity index (χ2n) is 4.79. The lowest BCUT2D eigenvalue weighted by atomic mass is 10.3. The third kappa shape index (κ3) is 5.68. The Morgan fingerprint density at radius 3 is 2.92 bits per heavy atom. The number of oxime groups is 1. The first-order chi connectivity index (χ1) is 12.5. The van der Waals surface area contributed by atoms with Crippen LogP contribution < -0.4 is 10.6 Å². The second-order valence-corrected chi connectivity index (χ2v) is 6.73. The number of amidine groups is 1. The van der Waals surface area contributed by atoms with Crippen molar-refractivity contribution < 1.29 is 24.1 Å². The molecule has 1 heterocycles. The molecule has 1 aromatic carbocycles. The van der Waals surface area contributed by atoms with E-state index in [1.54, 1.807) is 0 Å². The van der Waals surface area contributed by atoms with Gasteiger partial charge in [0.05, 0.1) is 11.1 Å². The Balaban J connectivity index is 2.00. The van der Waals surface area contributed by atoms with Crippen molar-refractivity contribution in [3.05, 3.63) is 34.2 Å². The summed E-state index contributed by atoms with van der Waals surface area (Å²) in [5.74, 6) is -0.317. The fraction of sp³-hybridized carbons (Fsp3) is 0.286. The Morgan fingerprint density at radius 2 is 2.23 bits per heavy atom. The number of benzene rings is 1. The Bertz CT molecular complexity index is 788.